The first kappa shape index (κ1) is 12.6. The Morgan fingerprint density at radius 3 is 2.50 bits per heavy atom. The second kappa shape index (κ2) is 5.68. The van der Waals surface area contributed by atoms with Crippen molar-refractivity contribution in [3.05, 3.63) is 63.4 Å². The normalized spacial score (nSPS) is 9.44. The molecule has 0 aliphatic carbocycles. The fourth-order valence-corrected chi connectivity index (χ4v) is 1.85. The second-order valence-electron chi connectivity index (χ2n) is 3.43. The minimum absolute atomic E-state index is 0.0647. The summed E-state index contributed by atoms with van der Waals surface area (Å²) >= 11 is 11.6. The summed E-state index contributed by atoms with van der Waals surface area (Å²) in [6.45, 7) is 0. The average Bonchev–Trinajstić information content (AvgIpc) is 2.37. The molecule has 0 saturated heterocycles. The summed E-state index contributed by atoms with van der Waals surface area (Å²) in [5.41, 5.74) is 1.57. The van der Waals surface area contributed by atoms with Crippen molar-refractivity contribution in [2.24, 2.45) is 0 Å². The number of pyridine rings is 1. The average molecular weight is 276 g/mol. The SMILES string of the molecule is O=Cc1c(C#Cc2ccccc2)cc(Cl)nc1Cl. The van der Waals surface area contributed by atoms with Crippen molar-refractivity contribution in [3.63, 3.8) is 0 Å². The van der Waals surface area contributed by atoms with Gasteiger partial charge in [-0.3, -0.25) is 4.79 Å². The van der Waals surface area contributed by atoms with Crippen LogP contribution in [0.15, 0.2) is 36.4 Å². The van der Waals surface area contributed by atoms with E-state index in [4.69, 9.17) is 23.2 Å². The largest absolute Gasteiger partial charge is 0.298 e. The van der Waals surface area contributed by atoms with Crippen LogP contribution in [0.25, 0.3) is 0 Å². The molecule has 0 bridgehead atoms. The number of aldehydes is 1. The van der Waals surface area contributed by atoms with E-state index in [1.165, 1.54) is 6.07 Å². The van der Waals surface area contributed by atoms with Crippen molar-refractivity contribution in [1.82, 2.24) is 4.98 Å². The van der Waals surface area contributed by atoms with Gasteiger partial charge >= 0.3 is 0 Å². The van der Waals surface area contributed by atoms with E-state index in [0.717, 1.165) is 5.56 Å². The van der Waals surface area contributed by atoms with Gasteiger partial charge in [-0.2, -0.15) is 0 Å². The lowest BCUT2D eigenvalue weighted by atomic mass is 10.1. The van der Waals surface area contributed by atoms with Gasteiger partial charge in [-0.25, -0.2) is 4.98 Å². The molecule has 0 N–H and O–H groups in total. The molecule has 0 saturated carbocycles. The molecular weight excluding hydrogens is 269 g/mol. The zero-order valence-corrected chi connectivity index (χ0v) is 10.7. The number of hydrogen-bond donors (Lipinski definition) is 0. The van der Waals surface area contributed by atoms with E-state index in [0.29, 0.717) is 11.8 Å². The van der Waals surface area contributed by atoms with Crippen molar-refractivity contribution >= 4 is 29.5 Å². The van der Waals surface area contributed by atoms with Crippen LogP contribution >= 0.6 is 23.2 Å². The third-order valence-corrected chi connectivity index (χ3v) is 2.70. The van der Waals surface area contributed by atoms with Gasteiger partial charge in [0.25, 0.3) is 0 Å². The van der Waals surface area contributed by atoms with Gasteiger partial charge in [-0.05, 0) is 18.2 Å². The van der Waals surface area contributed by atoms with Crippen LogP contribution in [0.3, 0.4) is 0 Å². The Balaban J connectivity index is 2.47. The number of carbonyl (C=O) groups excluding carboxylic acids is 1. The molecule has 18 heavy (non-hydrogen) atoms. The Morgan fingerprint density at radius 1 is 1.11 bits per heavy atom. The van der Waals surface area contributed by atoms with E-state index in [2.05, 4.69) is 16.8 Å². The lowest BCUT2D eigenvalue weighted by Crippen LogP contribution is -1.93. The Labute approximate surface area is 115 Å². The molecule has 0 fully saturated rings. The predicted octanol–water partition coefficient (Wildman–Crippen LogP) is 3.60. The molecule has 0 aliphatic rings. The third kappa shape index (κ3) is 2.89. The van der Waals surface area contributed by atoms with Crippen LogP contribution in [0.4, 0.5) is 0 Å². The van der Waals surface area contributed by atoms with Crippen molar-refractivity contribution < 1.29 is 4.79 Å². The van der Waals surface area contributed by atoms with Gasteiger partial charge < -0.3 is 0 Å². The van der Waals surface area contributed by atoms with E-state index in [1.807, 2.05) is 30.3 Å². The molecule has 0 spiro atoms. The molecule has 2 rings (SSSR count). The molecule has 1 aromatic heterocycles. The van der Waals surface area contributed by atoms with E-state index >= 15 is 0 Å². The second-order valence-corrected chi connectivity index (χ2v) is 4.18. The molecule has 0 unspecified atom stereocenters. The van der Waals surface area contributed by atoms with Crippen molar-refractivity contribution in [1.29, 1.82) is 0 Å². The molecular formula is C14H7Cl2NO. The summed E-state index contributed by atoms with van der Waals surface area (Å²) in [7, 11) is 0. The molecule has 0 amide bonds. The standard InChI is InChI=1S/C14H7Cl2NO/c15-13-8-11(12(9-18)14(16)17-13)7-6-10-4-2-1-3-5-10/h1-5,8-9H. The van der Waals surface area contributed by atoms with Gasteiger partial charge in [0.1, 0.15) is 10.3 Å². The quantitative estimate of drug-likeness (QED) is 0.452. The minimum atomic E-state index is 0.0647. The predicted molar refractivity (Wildman–Crippen MR) is 72.1 cm³/mol. The number of aromatic nitrogens is 1. The highest BCUT2D eigenvalue weighted by Gasteiger charge is 2.07. The van der Waals surface area contributed by atoms with Crippen LogP contribution in [0.1, 0.15) is 21.5 Å². The Kier molecular flexibility index (Phi) is 3.99. The summed E-state index contributed by atoms with van der Waals surface area (Å²) in [6, 6.07) is 10.9. The zero-order valence-electron chi connectivity index (χ0n) is 9.15. The number of rotatable bonds is 1. The smallest absolute Gasteiger partial charge is 0.154 e. The highest BCUT2D eigenvalue weighted by molar-refractivity contribution is 6.34. The van der Waals surface area contributed by atoms with E-state index < -0.39 is 0 Å². The zero-order chi connectivity index (χ0) is 13.0. The van der Waals surface area contributed by atoms with Gasteiger partial charge in [0.15, 0.2) is 6.29 Å². The first-order valence-corrected chi connectivity index (χ1v) is 5.84. The topological polar surface area (TPSA) is 30.0 Å². The molecule has 4 heteroatoms. The maximum absolute atomic E-state index is 10.9. The van der Waals surface area contributed by atoms with Crippen molar-refractivity contribution in [2.75, 3.05) is 0 Å². The van der Waals surface area contributed by atoms with Crippen LogP contribution in [-0.4, -0.2) is 11.3 Å². The maximum Gasteiger partial charge on any atom is 0.154 e. The lowest BCUT2D eigenvalue weighted by Gasteiger charge is -1.99. The van der Waals surface area contributed by atoms with Gasteiger partial charge in [-0.1, -0.05) is 53.2 Å². The van der Waals surface area contributed by atoms with Gasteiger partial charge in [0.2, 0.25) is 0 Å². The number of nitrogens with zero attached hydrogens (tertiary/aromatic N) is 1. The molecule has 1 heterocycles. The van der Waals surface area contributed by atoms with Crippen molar-refractivity contribution in [3.8, 4) is 11.8 Å². The summed E-state index contributed by atoms with van der Waals surface area (Å²) in [5, 5.41) is 0.276. The summed E-state index contributed by atoms with van der Waals surface area (Å²) in [5.74, 6) is 5.81. The van der Waals surface area contributed by atoms with E-state index in [9.17, 15) is 4.79 Å². The Hall–Kier alpha value is -1.82. The maximum atomic E-state index is 10.9. The van der Waals surface area contributed by atoms with Crippen LogP contribution in [0, 0.1) is 11.8 Å². The highest BCUT2D eigenvalue weighted by atomic mass is 35.5. The van der Waals surface area contributed by atoms with Crippen molar-refractivity contribution in [2.45, 2.75) is 0 Å². The Bertz CT molecular complexity index is 642. The lowest BCUT2D eigenvalue weighted by molar-refractivity contribution is 0.112. The van der Waals surface area contributed by atoms with Gasteiger partial charge in [-0.15, -0.1) is 0 Å². The van der Waals surface area contributed by atoms with Crippen LogP contribution in [0.2, 0.25) is 10.3 Å². The minimum Gasteiger partial charge on any atom is -0.298 e. The molecule has 1 aromatic carbocycles. The first-order chi connectivity index (χ1) is 8.70. The fourth-order valence-electron chi connectivity index (χ4n) is 1.37. The van der Waals surface area contributed by atoms with Crippen LogP contribution in [-0.2, 0) is 0 Å². The molecule has 2 nitrogen and oxygen atoms in total. The third-order valence-electron chi connectivity index (χ3n) is 2.21. The molecule has 0 radical (unpaired) electrons. The molecule has 0 atom stereocenters. The van der Waals surface area contributed by atoms with Gasteiger partial charge in [0.05, 0.1) is 5.56 Å². The molecule has 88 valence electrons. The summed E-state index contributed by atoms with van der Waals surface area (Å²) < 4.78 is 0. The molecule has 0 aliphatic heterocycles. The van der Waals surface area contributed by atoms with E-state index in [-0.39, 0.29) is 15.9 Å². The fraction of sp³-hybridized carbons (Fsp3) is 0. The van der Waals surface area contributed by atoms with Crippen LogP contribution in [0.5, 0.6) is 0 Å². The number of hydrogen-bond acceptors (Lipinski definition) is 2. The van der Waals surface area contributed by atoms with E-state index in [1.54, 1.807) is 0 Å². The summed E-state index contributed by atoms with van der Waals surface area (Å²) in [6.07, 6.45) is 0.626. The first-order valence-electron chi connectivity index (χ1n) is 5.09. The number of benzene rings is 1. The van der Waals surface area contributed by atoms with Gasteiger partial charge in [0, 0.05) is 11.1 Å². The highest BCUT2D eigenvalue weighted by Crippen LogP contribution is 2.19. The summed E-state index contributed by atoms with van der Waals surface area (Å²) in [4.78, 5) is 14.7. The number of carbonyl (C=O) groups is 1. The Morgan fingerprint density at radius 2 is 1.83 bits per heavy atom. The monoisotopic (exact) mass is 275 g/mol. The number of halogens is 2. The van der Waals surface area contributed by atoms with Crippen LogP contribution < -0.4 is 0 Å². The molecule has 2 aromatic rings.